The van der Waals surface area contributed by atoms with Crippen molar-refractivity contribution in [3.8, 4) is 5.75 Å². The smallest absolute Gasteiger partial charge is 0.162 e. The molecule has 4 nitrogen and oxygen atoms in total. The molecule has 1 aliphatic heterocycles. The molecular formula is C17H27NO3. The highest BCUT2D eigenvalue weighted by Gasteiger charge is 2.28. The molecule has 1 fully saturated rings. The minimum atomic E-state index is -0.491. The van der Waals surface area contributed by atoms with Crippen LogP contribution in [0.5, 0.6) is 5.75 Å². The molecule has 0 aromatic heterocycles. The number of methoxy groups -OCH3 is 1. The molecule has 118 valence electrons. The summed E-state index contributed by atoms with van der Waals surface area (Å²) >= 11 is 0. The number of rotatable bonds is 3. The van der Waals surface area contributed by atoms with Crippen molar-refractivity contribution in [2.45, 2.75) is 51.9 Å². The Kier molecular flexibility index (Phi) is 4.49. The summed E-state index contributed by atoms with van der Waals surface area (Å²) in [4.78, 5) is 0. The summed E-state index contributed by atoms with van der Waals surface area (Å²) in [5, 5.41) is 3.48. The highest BCUT2D eigenvalue weighted by Crippen LogP contribution is 2.32. The maximum absolute atomic E-state index is 5.70. The first kappa shape index (κ1) is 16.1. The number of hydrogen-bond acceptors (Lipinski definition) is 4. The highest BCUT2D eigenvalue weighted by atomic mass is 16.7. The lowest BCUT2D eigenvalue weighted by atomic mass is 9.86. The van der Waals surface area contributed by atoms with Crippen molar-refractivity contribution in [2.75, 3.05) is 25.6 Å². The summed E-state index contributed by atoms with van der Waals surface area (Å²) in [5.41, 5.74) is 2.36. The van der Waals surface area contributed by atoms with Gasteiger partial charge in [0.2, 0.25) is 0 Å². The minimum absolute atomic E-state index is 0.101. The van der Waals surface area contributed by atoms with Gasteiger partial charge < -0.3 is 19.5 Å². The molecule has 0 spiro atoms. The van der Waals surface area contributed by atoms with E-state index in [0.29, 0.717) is 13.2 Å². The van der Waals surface area contributed by atoms with Crippen LogP contribution in [0.2, 0.25) is 0 Å². The first-order valence-electron chi connectivity index (χ1n) is 7.44. The lowest BCUT2D eigenvalue weighted by molar-refractivity contribution is -0.247. The SMILES string of the molecule is COc1ccc(C(C)(C)C)cc1NC1COC(C)(C)OC1. The lowest BCUT2D eigenvalue weighted by Crippen LogP contribution is -2.45. The molecule has 2 rings (SSSR count). The molecule has 4 heteroatoms. The van der Waals surface area contributed by atoms with Gasteiger partial charge in [-0.1, -0.05) is 26.8 Å². The average Bonchev–Trinajstić information content (AvgIpc) is 2.40. The number of hydrogen-bond donors (Lipinski definition) is 1. The molecule has 0 saturated carbocycles. The van der Waals surface area contributed by atoms with E-state index in [1.54, 1.807) is 7.11 Å². The largest absolute Gasteiger partial charge is 0.495 e. The molecule has 1 aliphatic rings. The van der Waals surface area contributed by atoms with Gasteiger partial charge in [-0.2, -0.15) is 0 Å². The zero-order valence-corrected chi connectivity index (χ0v) is 13.9. The van der Waals surface area contributed by atoms with Gasteiger partial charge in [0.15, 0.2) is 5.79 Å². The van der Waals surface area contributed by atoms with Gasteiger partial charge in [0.05, 0.1) is 32.1 Å². The predicted molar refractivity (Wildman–Crippen MR) is 85.1 cm³/mol. The Morgan fingerprint density at radius 3 is 2.33 bits per heavy atom. The number of benzene rings is 1. The number of nitrogens with one attached hydrogen (secondary N) is 1. The van der Waals surface area contributed by atoms with E-state index in [-0.39, 0.29) is 11.5 Å². The summed E-state index contributed by atoms with van der Waals surface area (Å²) in [5.74, 6) is 0.350. The maximum atomic E-state index is 5.70. The van der Waals surface area contributed by atoms with Crippen LogP contribution in [0.3, 0.4) is 0 Å². The molecule has 0 atom stereocenters. The van der Waals surface area contributed by atoms with Crippen molar-refractivity contribution in [3.05, 3.63) is 23.8 Å². The summed E-state index contributed by atoms with van der Waals surface area (Å²) in [7, 11) is 1.69. The van der Waals surface area contributed by atoms with Crippen molar-refractivity contribution in [1.29, 1.82) is 0 Å². The van der Waals surface area contributed by atoms with E-state index in [0.717, 1.165) is 11.4 Å². The Bertz CT molecular complexity index is 481. The normalized spacial score (nSPS) is 19.3. The Hall–Kier alpha value is -1.26. The monoisotopic (exact) mass is 293 g/mol. The van der Waals surface area contributed by atoms with Gasteiger partial charge in [0, 0.05) is 0 Å². The molecule has 0 amide bonds. The first-order chi connectivity index (χ1) is 9.71. The summed E-state index contributed by atoms with van der Waals surface area (Å²) < 4.78 is 16.8. The van der Waals surface area contributed by atoms with E-state index >= 15 is 0 Å². The summed E-state index contributed by atoms with van der Waals surface area (Å²) in [6.07, 6.45) is 0. The van der Waals surface area contributed by atoms with E-state index in [1.165, 1.54) is 5.56 Å². The highest BCUT2D eigenvalue weighted by molar-refractivity contribution is 5.59. The molecule has 0 bridgehead atoms. The van der Waals surface area contributed by atoms with Crippen molar-refractivity contribution in [3.63, 3.8) is 0 Å². The van der Waals surface area contributed by atoms with Crippen LogP contribution in [-0.2, 0) is 14.9 Å². The van der Waals surface area contributed by atoms with Crippen LogP contribution in [0.4, 0.5) is 5.69 Å². The van der Waals surface area contributed by atoms with Crippen LogP contribution in [0.15, 0.2) is 18.2 Å². The number of anilines is 1. The standard InChI is InChI=1S/C17H27NO3/c1-16(2,3)12-7-8-15(19-6)14(9-12)18-13-10-20-17(4,5)21-11-13/h7-9,13,18H,10-11H2,1-6H3. The van der Waals surface area contributed by atoms with E-state index in [1.807, 2.05) is 19.9 Å². The zero-order valence-electron chi connectivity index (χ0n) is 13.9. The second-order valence-electron chi connectivity index (χ2n) is 7.03. The molecule has 1 aromatic rings. The van der Waals surface area contributed by atoms with Crippen LogP contribution in [-0.4, -0.2) is 32.2 Å². The molecule has 21 heavy (non-hydrogen) atoms. The lowest BCUT2D eigenvalue weighted by Gasteiger charge is -2.36. The topological polar surface area (TPSA) is 39.7 Å². The van der Waals surface area contributed by atoms with Gasteiger partial charge in [-0.25, -0.2) is 0 Å². The van der Waals surface area contributed by atoms with Crippen LogP contribution >= 0.6 is 0 Å². The molecule has 0 unspecified atom stereocenters. The fourth-order valence-electron chi connectivity index (χ4n) is 2.28. The second kappa shape index (κ2) is 5.85. The van der Waals surface area contributed by atoms with Crippen molar-refractivity contribution < 1.29 is 14.2 Å². The molecule has 1 aromatic carbocycles. The quantitative estimate of drug-likeness (QED) is 0.925. The van der Waals surface area contributed by atoms with Crippen LogP contribution in [0.25, 0.3) is 0 Å². The van der Waals surface area contributed by atoms with Gasteiger partial charge in [-0.15, -0.1) is 0 Å². The van der Waals surface area contributed by atoms with Crippen LogP contribution < -0.4 is 10.1 Å². The fraction of sp³-hybridized carbons (Fsp3) is 0.647. The Morgan fingerprint density at radius 2 is 1.81 bits per heavy atom. The van der Waals surface area contributed by atoms with Crippen molar-refractivity contribution in [1.82, 2.24) is 0 Å². The van der Waals surface area contributed by atoms with Gasteiger partial charge in [0.1, 0.15) is 5.75 Å². The maximum Gasteiger partial charge on any atom is 0.162 e. The molecule has 1 heterocycles. The van der Waals surface area contributed by atoms with Gasteiger partial charge in [-0.05, 0) is 37.0 Å². The zero-order chi connectivity index (χ0) is 15.7. The number of ether oxygens (including phenoxy) is 3. The average molecular weight is 293 g/mol. The molecule has 0 aliphatic carbocycles. The fourth-order valence-corrected chi connectivity index (χ4v) is 2.28. The second-order valence-corrected chi connectivity index (χ2v) is 7.03. The van der Waals surface area contributed by atoms with E-state index in [9.17, 15) is 0 Å². The van der Waals surface area contributed by atoms with Gasteiger partial charge in [0.25, 0.3) is 0 Å². The Labute approximate surface area is 127 Å². The predicted octanol–water partition coefficient (Wildman–Crippen LogP) is 3.56. The summed E-state index contributed by atoms with van der Waals surface area (Å²) in [6, 6.07) is 6.40. The Balaban J connectivity index is 2.15. The summed E-state index contributed by atoms with van der Waals surface area (Å²) in [6.45, 7) is 11.7. The Morgan fingerprint density at radius 1 is 1.19 bits per heavy atom. The van der Waals surface area contributed by atoms with E-state index in [2.05, 4.69) is 38.2 Å². The van der Waals surface area contributed by atoms with Gasteiger partial charge >= 0.3 is 0 Å². The van der Waals surface area contributed by atoms with Crippen LogP contribution in [0, 0.1) is 0 Å². The first-order valence-corrected chi connectivity index (χ1v) is 7.44. The van der Waals surface area contributed by atoms with Crippen molar-refractivity contribution in [2.24, 2.45) is 0 Å². The van der Waals surface area contributed by atoms with E-state index < -0.39 is 5.79 Å². The third-order valence-corrected chi connectivity index (χ3v) is 3.69. The molecule has 0 radical (unpaired) electrons. The third kappa shape index (κ3) is 4.11. The third-order valence-electron chi connectivity index (χ3n) is 3.69. The van der Waals surface area contributed by atoms with Gasteiger partial charge in [-0.3, -0.25) is 0 Å². The molecular weight excluding hydrogens is 266 g/mol. The minimum Gasteiger partial charge on any atom is -0.495 e. The van der Waals surface area contributed by atoms with Crippen molar-refractivity contribution >= 4 is 5.69 Å². The van der Waals surface area contributed by atoms with E-state index in [4.69, 9.17) is 14.2 Å². The molecule has 1 N–H and O–H groups in total. The molecule has 1 saturated heterocycles. The van der Waals surface area contributed by atoms with Crippen LogP contribution in [0.1, 0.15) is 40.2 Å².